The molecule has 132 valence electrons. The number of carbonyl (C=O) groups excluding carboxylic acids is 1. The van der Waals surface area contributed by atoms with Crippen LogP contribution >= 0.6 is 0 Å². The summed E-state index contributed by atoms with van der Waals surface area (Å²) in [5, 5.41) is 2.12. The highest BCUT2D eigenvalue weighted by Crippen LogP contribution is 2.38. The second-order valence-electron chi connectivity index (χ2n) is 6.84. The van der Waals surface area contributed by atoms with Crippen LogP contribution in [-0.2, 0) is 13.1 Å². The molecular formula is C22H22N2O2. The fraction of sp³-hybridized carbons (Fsp3) is 0.227. The number of fused-ring (bicyclic) bond motifs is 4. The van der Waals surface area contributed by atoms with Gasteiger partial charge in [-0.2, -0.15) is 0 Å². The lowest BCUT2D eigenvalue weighted by Gasteiger charge is -2.33. The molecule has 4 nitrogen and oxygen atoms in total. The summed E-state index contributed by atoms with van der Waals surface area (Å²) in [6, 6.07) is 16.4. The van der Waals surface area contributed by atoms with Gasteiger partial charge in [-0.15, -0.1) is 0 Å². The molecule has 0 saturated carbocycles. The van der Waals surface area contributed by atoms with Gasteiger partial charge in [-0.3, -0.25) is 4.79 Å². The first kappa shape index (κ1) is 16.5. The Kier molecular flexibility index (Phi) is 4.03. The highest BCUT2D eigenvalue weighted by atomic mass is 16.5. The number of aldehydes is 1. The molecule has 1 heterocycles. The van der Waals surface area contributed by atoms with Gasteiger partial charge >= 0.3 is 0 Å². The molecule has 0 bridgehead atoms. The molecule has 1 aliphatic heterocycles. The third-order valence-corrected chi connectivity index (χ3v) is 5.15. The van der Waals surface area contributed by atoms with Crippen LogP contribution in [0, 0.1) is 0 Å². The number of methoxy groups -OCH3 is 1. The second kappa shape index (κ2) is 6.37. The van der Waals surface area contributed by atoms with E-state index in [4.69, 9.17) is 4.74 Å². The maximum atomic E-state index is 11.7. The summed E-state index contributed by atoms with van der Waals surface area (Å²) < 4.78 is 5.42. The van der Waals surface area contributed by atoms with E-state index in [0.29, 0.717) is 0 Å². The monoisotopic (exact) mass is 346 g/mol. The maximum Gasteiger partial charge on any atom is 0.150 e. The lowest BCUT2D eigenvalue weighted by Crippen LogP contribution is -2.27. The van der Waals surface area contributed by atoms with Gasteiger partial charge in [0.1, 0.15) is 5.75 Å². The van der Waals surface area contributed by atoms with Crippen molar-refractivity contribution in [2.45, 2.75) is 13.1 Å². The van der Waals surface area contributed by atoms with E-state index >= 15 is 0 Å². The number of ether oxygens (including phenoxy) is 1. The number of anilines is 2. The standard InChI is InChI=1S/C22H22N2O2/c1-23-13-16-10-17(14-25)19-6-4-5-7-20(19)22(16)24(2)12-15-11-18(26-3)8-9-21(15)23/h4-11,14H,12-13H2,1-3H3. The fourth-order valence-corrected chi connectivity index (χ4v) is 3.98. The Hall–Kier alpha value is -3.01. The van der Waals surface area contributed by atoms with Gasteiger partial charge in [0.2, 0.25) is 0 Å². The minimum Gasteiger partial charge on any atom is -0.497 e. The van der Waals surface area contributed by atoms with Crippen molar-refractivity contribution < 1.29 is 9.53 Å². The van der Waals surface area contributed by atoms with E-state index in [1.165, 1.54) is 16.9 Å². The third-order valence-electron chi connectivity index (χ3n) is 5.15. The molecule has 0 radical (unpaired) electrons. The van der Waals surface area contributed by atoms with Gasteiger partial charge in [0.15, 0.2) is 6.29 Å². The SMILES string of the molecule is COc1ccc2c(c1)CN(C)c1c(cc(C=O)c3ccccc13)CN2C. The zero-order chi connectivity index (χ0) is 18.3. The number of carbonyl (C=O) groups is 1. The zero-order valence-electron chi connectivity index (χ0n) is 15.3. The Bertz CT molecular complexity index is 997. The van der Waals surface area contributed by atoms with Crippen molar-refractivity contribution in [1.29, 1.82) is 0 Å². The third kappa shape index (κ3) is 2.58. The molecule has 4 heteroatoms. The molecule has 0 fully saturated rings. The highest BCUT2D eigenvalue weighted by Gasteiger charge is 2.21. The summed E-state index contributed by atoms with van der Waals surface area (Å²) in [6.07, 6.45) is 0.959. The van der Waals surface area contributed by atoms with Crippen molar-refractivity contribution in [3.63, 3.8) is 0 Å². The van der Waals surface area contributed by atoms with Gasteiger partial charge in [0, 0.05) is 49.5 Å². The molecule has 0 atom stereocenters. The van der Waals surface area contributed by atoms with Crippen LogP contribution in [0.3, 0.4) is 0 Å². The summed E-state index contributed by atoms with van der Waals surface area (Å²) in [5.74, 6) is 0.868. The number of rotatable bonds is 2. The molecule has 0 amide bonds. The van der Waals surface area contributed by atoms with Gasteiger partial charge in [0.05, 0.1) is 7.11 Å². The molecule has 4 rings (SSSR count). The first-order chi connectivity index (χ1) is 12.6. The second-order valence-corrected chi connectivity index (χ2v) is 6.84. The molecule has 0 aromatic heterocycles. The molecule has 3 aromatic carbocycles. The zero-order valence-corrected chi connectivity index (χ0v) is 15.3. The van der Waals surface area contributed by atoms with E-state index in [0.717, 1.165) is 47.0 Å². The van der Waals surface area contributed by atoms with Gasteiger partial charge in [-0.1, -0.05) is 24.3 Å². The number of benzene rings is 3. The lowest BCUT2D eigenvalue weighted by atomic mass is 9.96. The van der Waals surface area contributed by atoms with Crippen molar-refractivity contribution in [1.82, 2.24) is 0 Å². The number of hydrogen-bond acceptors (Lipinski definition) is 4. The van der Waals surface area contributed by atoms with Crippen molar-refractivity contribution in [3.8, 4) is 5.75 Å². The first-order valence-corrected chi connectivity index (χ1v) is 8.71. The molecule has 0 aliphatic carbocycles. The van der Waals surface area contributed by atoms with E-state index in [9.17, 15) is 4.79 Å². The van der Waals surface area contributed by atoms with Gasteiger partial charge in [-0.25, -0.2) is 0 Å². The lowest BCUT2D eigenvalue weighted by molar-refractivity contribution is 0.112. The average Bonchev–Trinajstić information content (AvgIpc) is 2.65. The van der Waals surface area contributed by atoms with Crippen molar-refractivity contribution >= 4 is 28.4 Å². The molecule has 26 heavy (non-hydrogen) atoms. The minimum atomic E-state index is 0.741. The van der Waals surface area contributed by atoms with Crippen LogP contribution in [0.4, 0.5) is 11.4 Å². The maximum absolute atomic E-state index is 11.7. The minimum absolute atomic E-state index is 0.741. The number of hydrogen-bond donors (Lipinski definition) is 0. The van der Waals surface area contributed by atoms with Gasteiger partial charge < -0.3 is 14.5 Å². The van der Waals surface area contributed by atoms with Crippen LogP contribution in [0.5, 0.6) is 5.75 Å². The summed E-state index contributed by atoms with van der Waals surface area (Å²) in [5.41, 5.74) is 5.51. The smallest absolute Gasteiger partial charge is 0.150 e. The van der Waals surface area contributed by atoms with Crippen LogP contribution in [-0.4, -0.2) is 27.5 Å². The Morgan fingerprint density at radius 3 is 2.38 bits per heavy atom. The van der Waals surface area contributed by atoms with Crippen LogP contribution < -0.4 is 14.5 Å². The van der Waals surface area contributed by atoms with E-state index in [2.05, 4.69) is 42.1 Å². The first-order valence-electron chi connectivity index (χ1n) is 8.71. The van der Waals surface area contributed by atoms with Crippen LogP contribution in [0.15, 0.2) is 48.5 Å². The topological polar surface area (TPSA) is 32.8 Å². The van der Waals surface area contributed by atoms with Crippen LogP contribution in [0.1, 0.15) is 21.5 Å². The molecule has 0 spiro atoms. The summed E-state index contributed by atoms with van der Waals surface area (Å²) in [4.78, 5) is 16.2. The Balaban J connectivity index is 1.93. The van der Waals surface area contributed by atoms with Crippen LogP contribution in [0.2, 0.25) is 0 Å². The van der Waals surface area contributed by atoms with Crippen molar-refractivity contribution in [2.24, 2.45) is 0 Å². The largest absolute Gasteiger partial charge is 0.497 e. The average molecular weight is 346 g/mol. The Morgan fingerprint density at radius 2 is 1.65 bits per heavy atom. The summed E-state index contributed by atoms with van der Waals surface area (Å²) in [6.45, 7) is 1.51. The van der Waals surface area contributed by atoms with Crippen molar-refractivity contribution in [3.05, 3.63) is 65.2 Å². The van der Waals surface area contributed by atoms with Gasteiger partial charge in [-0.05, 0) is 40.8 Å². The Morgan fingerprint density at radius 1 is 0.923 bits per heavy atom. The molecule has 1 aliphatic rings. The van der Waals surface area contributed by atoms with E-state index in [-0.39, 0.29) is 0 Å². The normalized spacial score (nSPS) is 13.7. The predicted octanol–water partition coefficient (Wildman–Crippen LogP) is 4.25. The van der Waals surface area contributed by atoms with E-state index in [1.54, 1.807) is 7.11 Å². The predicted molar refractivity (Wildman–Crippen MR) is 107 cm³/mol. The van der Waals surface area contributed by atoms with Crippen LogP contribution in [0.25, 0.3) is 10.8 Å². The highest BCUT2D eigenvalue weighted by molar-refractivity contribution is 6.05. The number of nitrogens with zero attached hydrogens (tertiary/aromatic N) is 2. The Labute approximate surface area is 153 Å². The van der Waals surface area contributed by atoms with Crippen molar-refractivity contribution in [2.75, 3.05) is 31.0 Å². The molecule has 0 unspecified atom stereocenters. The molecule has 3 aromatic rings. The quantitative estimate of drug-likeness (QED) is 0.650. The van der Waals surface area contributed by atoms with E-state index < -0.39 is 0 Å². The fourth-order valence-electron chi connectivity index (χ4n) is 3.98. The summed E-state index contributed by atoms with van der Waals surface area (Å²) in [7, 11) is 5.90. The van der Waals surface area contributed by atoms with E-state index in [1.807, 2.05) is 30.3 Å². The van der Waals surface area contributed by atoms with Gasteiger partial charge in [0.25, 0.3) is 0 Å². The molecular weight excluding hydrogens is 324 g/mol. The molecule has 0 saturated heterocycles. The summed E-state index contributed by atoms with van der Waals surface area (Å²) >= 11 is 0. The molecule has 0 N–H and O–H groups in total.